The van der Waals surface area contributed by atoms with Gasteiger partial charge in [-0.2, -0.15) is 0 Å². The minimum atomic E-state index is -0.972. The maximum atomic E-state index is 10.4. The van der Waals surface area contributed by atoms with E-state index in [0.717, 1.165) is 0 Å². The first-order chi connectivity index (χ1) is 5.89. The van der Waals surface area contributed by atoms with E-state index in [4.69, 9.17) is 9.84 Å². The first-order valence-electron chi connectivity index (χ1n) is 4.04. The van der Waals surface area contributed by atoms with Crippen LogP contribution in [0.5, 0.6) is 0 Å². The monoisotopic (exact) mass is 187 g/mol. The Hall–Kier alpha value is -0.870. The molecule has 0 aromatic carbocycles. The average Bonchev–Trinajstić information content (AvgIpc) is 2.00. The Labute approximate surface area is 78.6 Å². The largest absolute Gasteiger partial charge is 0.478 e. The van der Waals surface area contributed by atoms with Crippen LogP contribution in [-0.2, 0) is 9.53 Å². The third kappa shape index (κ3) is 5.38. The highest BCUT2D eigenvalue weighted by molar-refractivity contribution is 5.86. The van der Waals surface area contributed by atoms with E-state index >= 15 is 0 Å². The normalized spacial score (nSPS) is 11.3. The van der Waals surface area contributed by atoms with Gasteiger partial charge in [-0.15, -0.1) is 0 Å². The van der Waals surface area contributed by atoms with Gasteiger partial charge in [0.05, 0.1) is 6.61 Å². The van der Waals surface area contributed by atoms with E-state index in [2.05, 4.69) is 11.9 Å². The highest BCUT2D eigenvalue weighted by atomic mass is 16.5. The zero-order valence-electron chi connectivity index (χ0n) is 8.39. The lowest BCUT2D eigenvalue weighted by atomic mass is 10.1. The molecule has 0 bridgehead atoms. The summed E-state index contributed by atoms with van der Waals surface area (Å²) in [4.78, 5) is 10.4. The highest BCUT2D eigenvalue weighted by Crippen LogP contribution is 2.02. The molecule has 0 radical (unpaired) electrons. The highest BCUT2D eigenvalue weighted by Gasteiger charge is 2.17. The molecule has 0 aromatic heterocycles. The van der Waals surface area contributed by atoms with Crippen molar-refractivity contribution in [1.29, 1.82) is 0 Å². The van der Waals surface area contributed by atoms with Crippen molar-refractivity contribution in [2.75, 3.05) is 20.3 Å². The second-order valence-electron chi connectivity index (χ2n) is 3.58. The quantitative estimate of drug-likeness (QED) is 0.599. The van der Waals surface area contributed by atoms with Gasteiger partial charge in [-0.25, -0.2) is 4.79 Å². The molecule has 0 aliphatic rings. The van der Waals surface area contributed by atoms with Crippen LogP contribution in [0.25, 0.3) is 0 Å². The summed E-state index contributed by atoms with van der Waals surface area (Å²) >= 11 is 0. The Morgan fingerprint density at radius 1 is 1.62 bits per heavy atom. The summed E-state index contributed by atoms with van der Waals surface area (Å²) in [5, 5.41) is 11.6. The molecule has 0 rings (SSSR count). The van der Waals surface area contributed by atoms with Gasteiger partial charge in [-0.3, -0.25) is 0 Å². The summed E-state index contributed by atoms with van der Waals surface area (Å²) in [5.41, 5.74) is -0.0724. The van der Waals surface area contributed by atoms with Crippen molar-refractivity contribution in [1.82, 2.24) is 5.32 Å². The SMILES string of the molecule is C=C(CNC(C)(C)COC)C(=O)O. The molecule has 4 nitrogen and oxygen atoms in total. The number of aliphatic carboxylic acids is 1. The maximum Gasteiger partial charge on any atom is 0.332 e. The van der Waals surface area contributed by atoms with Crippen LogP contribution in [-0.4, -0.2) is 36.9 Å². The van der Waals surface area contributed by atoms with Gasteiger partial charge in [0.2, 0.25) is 0 Å². The molecule has 0 fully saturated rings. The van der Waals surface area contributed by atoms with Gasteiger partial charge in [0.25, 0.3) is 0 Å². The molecule has 0 saturated heterocycles. The lowest BCUT2D eigenvalue weighted by Gasteiger charge is -2.25. The summed E-state index contributed by atoms with van der Waals surface area (Å²) in [6.45, 7) is 8.08. The van der Waals surface area contributed by atoms with Gasteiger partial charge in [-0.05, 0) is 13.8 Å². The van der Waals surface area contributed by atoms with E-state index in [1.807, 2.05) is 13.8 Å². The average molecular weight is 187 g/mol. The Morgan fingerprint density at radius 3 is 2.54 bits per heavy atom. The van der Waals surface area contributed by atoms with Crippen molar-refractivity contribution >= 4 is 5.97 Å². The molecule has 0 aromatic rings. The van der Waals surface area contributed by atoms with E-state index < -0.39 is 5.97 Å². The minimum Gasteiger partial charge on any atom is -0.478 e. The van der Waals surface area contributed by atoms with Crippen LogP contribution in [0.15, 0.2) is 12.2 Å². The number of ether oxygens (including phenoxy) is 1. The van der Waals surface area contributed by atoms with Gasteiger partial charge in [0.15, 0.2) is 0 Å². The van der Waals surface area contributed by atoms with Crippen LogP contribution in [0.1, 0.15) is 13.8 Å². The van der Waals surface area contributed by atoms with Crippen LogP contribution in [0, 0.1) is 0 Å². The van der Waals surface area contributed by atoms with E-state index in [9.17, 15) is 4.79 Å². The summed E-state index contributed by atoms with van der Waals surface area (Å²) in [7, 11) is 1.61. The first kappa shape index (κ1) is 12.1. The summed E-state index contributed by atoms with van der Waals surface area (Å²) in [6, 6.07) is 0. The van der Waals surface area contributed by atoms with Crippen molar-refractivity contribution in [3.05, 3.63) is 12.2 Å². The molecule has 0 atom stereocenters. The molecule has 76 valence electrons. The minimum absolute atomic E-state index is 0.157. The van der Waals surface area contributed by atoms with Crippen molar-refractivity contribution in [3.63, 3.8) is 0 Å². The molecular weight excluding hydrogens is 170 g/mol. The number of rotatable bonds is 6. The standard InChI is InChI=1S/C9H17NO3/c1-7(8(11)12)5-10-9(2,3)6-13-4/h10H,1,5-6H2,2-4H3,(H,11,12). The smallest absolute Gasteiger partial charge is 0.332 e. The number of hydrogen-bond donors (Lipinski definition) is 2. The molecule has 0 amide bonds. The lowest BCUT2D eigenvalue weighted by Crippen LogP contribution is -2.44. The topological polar surface area (TPSA) is 58.6 Å². The Kier molecular flexibility index (Phi) is 4.66. The number of carboxylic acid groups (broad SMARTS) is 1. The van der Waals surface area contributed by atoms with Gasteiger partial charge in [-0.1, -0.05) is 6.58 Å². The second-order valence-corrected chi connectivity index (χ2v) is 3.58. The fourth-order valence-corrected chi connectivity index (χ4v) is 0.833. The molecule has 0 heterocycles. The zero-order chi connectivity index (χ0) is 10.5. The number of nitrogens with one attached hydrogen (secondary N) is 1. The lowest BCUT2D eigenvalue weighted by molar-refractivity contribution is -0.132. The summed E-state index contributed by atoms with van der Waals surface area (Å²) < 4.78 is 4.96. The van der Waals surface area contributed by atoms with E-state index in [0.29, 0.717) is 6.61 Å². The molecule has 13 heavy (non-hydrogen) atoms. The van der Waals surface area contributed by atoms with Gasteiger partial charge in [0.1, 0.15) is 0 Å². The van der Waals surface area contributed by atoms with Crippen LogP contribution in [0.4, 0.5) is 0 Å². The molecule has 0 saturated carbocycles. The first-order valence-corrected chi connectivity index (χ1v) is 4.04. The Bertz CT molecular complexity index is 199. The Morgan fingerprint density at radius 2 is 2.15 bits per heavy atom. The van der Waals surface area contributed by atoms with Crippen molar-refractivity contribution in [2.24, 2.45) is 0 Å². The fourth-order valence-electron chi connectivity index (χ4n) is 0.833. The van der Waals surface area contributed by atoms with Crippen LogP contribution in [0.2, 0.25) is 0 Å². The van der Waals surface area contributed by atoms with Crippen molar-refractivity contribution < 1.29 is 14.6 Å². The van der Waals surface area contributed by atoms with Crippen molar-refractivity contribution in [2.45, 2.75) is 19.4 Å². The zero-order valence-corrected chi connectivity index (χ0v) is 8.39. The Balaban J connectivity index is 3.87. The third-order valence-electron chi connectivity index (χ3n) is 1.59. The number of carbonyl (C=O) groups is 1. The third-order valence-corrected chi connectivity index (χ3v) is 1.59. The van der Waals surface area contributed by atoms with Gasteiger partial charge in [0, 0.05) is 24.8 Å². The van der Waals surface area contributed by atoms with E-state index in [-0.39, 0.29) is 17.7 Å². The summed E-state index contributed by atoms with van der Waals surface area (Å²) in [5.74, 6) is -0.972. The second kappa shape index (κ2) is 4.99. The molecule has 0 aliphatic heterocycles. The molecule has 4 heteroatoms. The molecule has 0 aliphatic carbocycles. The predicted octanol–water partition coefficient (Wildman–Crippen LogP) is 0.642. The number of methoxy groups -OCH3 is 1. The van der Waals surface area contributed by atoms with Gasteiger partial charge >= 0.3 is 5.97 Å². The molecule has 2 N–H and O–H groups in total. The fraction of sp³-hybridized carbons (Fsp3) is 0.667. The molecule has 0 unspecified atom stereocenters. The molecule has 0 spiro atoms. The van der Waals surface area contributed by atoms with E-state index in [1.54, 1.807) is 7.11 Å². The molecular formula is C9H17NO3. The number of carboxylic acids is 1. The van der Waals surface area contributed by atoms with Gasteiger partial charge < -0.3 is 15.2 Å². The summed E-state index contributed by atoms with van der Waals surface area (Å²) in [6.07, 6.45) is 0. The van der Waals surface area contributed by atoms with Crippen LogP contribution < -0.4 is 5.32 Å². The number of hydrogen-bond acceptors (Lipinski definition) is 3. The maximum absolute atomic E-state index is 10.4. The van der Waals surface area contributed by atoms with E-state index in [1.165, 1.54) is 0 Å². The van der Waals surface area contributed by atoms with Crippen LogP contribution in [0.3, 0.4) is 0 Å². The predicted molar refractivity (Wildman–Crippen MR) is 50.7 cm³/mol. The van der Waals surface area contributed by atoms with Crippen LogP contribution >= 0.6 is 0 Å². The van der Waals surface area contributed by atoms with Crippen molar-refractivity contribution in [3.8, 4) is 0 Å².